The molecule has 3 aliphatic rings. The molecule has 3 fully saturated rings. The minimum absolute atomic E-state index is 0.253. The van der Waals surface area contributed by atoms with E-state index >= 15 is 0 Å². The Kier molecular flexibility index (Phi) is 8.72. The van der Waals surface area contributed by atoms with E-state index in [1.807, 2.05) is 0 Å². The Labute approximate surface area is 228 Å². The van der Waals surface area contributed by atoms with Crippen LogP contribution in [-0.2, 0) is 8.85 Å². The van der Waals surface area contributed by atoms with Crippen LogP contribution in [0.2, 0.25) is 36.3 Å². The van der Waals surface area contributed by atoms with Gasteiger partial charge < -0.3 is 8.85 Å². The maximum atomic E-state index is 7.06. The monoisotopic (exact) mass is 533 g/mol. The zero-order valence-corrected chi connectivity index (χ0v) is 28.3. The summed E-state index contributed by atoms with van der Waals surface area (Å²) >= 11 is 0. The van der Waals surface area contributed by atoms with E-state index in [-0.39, 0.29) is 10.1 Å². The molecule has 3 saturated carbocycles. The van der Waals surface area contributed by atoms with Crippen molar-refractivity contribution in [3.8, 4) is 0 Å². The molecule has 0 saturated heterocycles. The van der Waals surface area contributed by atoms with Gasteiger partial charge in [-0.3, -0.25) is 0 Å². The highest BCUT2D eigenvalue weighted by molar-refractivity contribution is 6.74. The summed E-state index contributed by atoms with van der Waals surface area (Å²) in [6.45, 7) is 35.6. The minimum Gasteiger partial charge on any atom is -0.417 e. The second kappa shape index (κ2) is 10.2. The number of hydrogen-bond acceptors (Lipinski definition) is 2. The highest BCUT2D eigenvalue weighted by Gasteiger charge is 2.57. The van der Waals surface area contributed by atoms with Crippen LogP contribution < -0.4 is 0 Å². The van der Waals surface area contributed by atoms with Crippen molar-refractivity contribution in [1.82, 2.24) is 0 Å². The lowest BCUT2D eigenvalue weighted by atomic mass is 9.49. The molecule has 3 aliphatic carbocycles. The molecule has 0 aromatic carbocycles. The Hall–Kier alpha value is 0.0938. The van der Waals surface area contributed by atoms with Crippen LogP contribution in [-0.4, -0.2) is 29.8 Å². The third kappa shape index (κ3) is 5.68. The Bertz CT molecular complexity index is 789. The van der Waals surface area contributed by atoms with Crippen molar-refractivity contribution in [1.29, 1.82) is 0 Å². The molecule has 4 heteroatoms. The predicted molar refractivity (Wildman–Crippen MR) is 162 cm³/mol. The van der Waals surface area contributed by atoms with Crippen LogP contribution >= 0.6 is 0 Å². The highest BCUT2D eigenvalue weighted by Crippen LogP contribution is 2.63. The van der Waals surface area contributed by atoms with E-state index in [1.165, 1.54) is 50.5 Å². The molecule has 0 bridgehead atoms. The first-order chi connectivity index (χ1) is 16.3. The van der Waals surface area contributed by atoms with Gasteiger partial charge in [-0.25, -0.2) is 0 Å². The van der Waals surface area contributed by atoms with Crippen LogP contribution in [0, 0.1) is 40.9 Å². The van der Waals surface area contributed by atoms with Crippen molar-refractivity contribution in [2.24, 2.45) is 34.5 Å². The highest BCUT2D eigenvalue weighted by atomic mass is 28.4. The molecule has 0 amide bonds. The van der Waals surface area contributed by atoms with Crippen molar-refractivity contribution in [2.75, 3.05) is 13.2 Å². The number of fused-ring (bicyclic) bond motifs is 1. The molecule has 36 heavy (non-hydrogen) atoms. The van der Waals surface area contributed by atoms with Crippen LogP contribution in [0.3, 0.4) is 0 Å². The maximum Gasteiger partial charge on any atom is 0.191 e. The van der Waals surface area contributed by atoms with Gasteiger partial charge in [-0.1, -0.05) is 67.5 Å². The van der Waals surface area contributed by atoms with E-state index in [1.54, 1.807) is 0 Å². The van der Waals surface area contributed by atoms with E-state index in [0.717, 1.165) is 19.1 Å². The fourth-order valence-electron chi connectivity index (χ4n) is 7.24. The van der Waals surface area contributed by atoms with E-state index < -0.39 is 16.6 Å². The Morgan fingerprint density at radius 2 is 1.42 bits per heavy atom. The minimum atomic E-state index is -1.80. The van der Waals surface area contributed by atoms with Crippen molar-refractivity contribution in [2.45, 2.75) is 137 Å². The first-order valence-electron chi connectivity index (χ1n) is 15.0. The fourth-order valence-corrected chi connectivity index (χ4v) is 9.34. The van der Waals surface area contributed by atoms with Gasteiger partial charge in [-0.2, -0.15) is 0 Å². The van der Waals surface area contributed by atoms with E-state index in [0.29, 0.717) is 28.6 Å². The average molecular weight is 534 g/mol. The lowest BCUT2D eigenvalue weighted by Crippen LogP contribution is -2.53. The molecule has 0 N–H and O–H groups in total. The summed E-state index contributed by atoms with van der Waals surface area (Å²) in [6, 6.07) is 0. The summed E-state index contributed by atoms with van der Waals surface area (Å²) in [5, 5.41) is 0.515. The summed E-state index contributed by atoms with van der Waals surface area (Å²) < 4.78 is 14.0. The Morgan fingerprint density at radius 1 is 0.861 bits per heavy atom. The standard InChI is InChI=1S/C32H61O2Si2/c1-24-17-18-27-26(23-34-36(12,13)30(5,6)7)28(19-21-31(24,27)8)32(9)20-15-14-16-25(32)22-33-35(10,11)29(2,3)4/h14,25-28H,1,15-23H2,2-13H3/t25-,26+,27+,28+,31-,32+/m1/s1. The largest absolute Gasteiger partial charge is 0.417 e. The third-order valence-corrected chi connectivity index (χ3v) is 21.4. The molecule has 0 spiro atoms. The summed E-state index contributed by atoms with van der Waals surface area (Å²) in [5.74, 6) is 2.69. The molecular formula is C32H61O2Si2. The van der Waals surface area contributed by atoms with Gasteiger partial charge in [0.15, 0.2) is 16.6 Å². The van der Waals surface area contributed by atoms with Crippen molar-refractivity contribution < 1.29 is 8.85 Å². The Balaban J connectivity index is 1.90. The second-order valence-corrected chi connectivity index (χ2v) is 26.0. The van der Waals surface area contributed by atoms with Crippen LogP contribution in [0.25, 0.3) is 0 Å². The summed E-state index contributed by atoms with van der Waals surface area (Å²) in [6.07, 6.45) is 11.5. The zero-order chi connectivity index (χ0) is 27.4. The van der Waals surface area contributed by atoms with E-state index in [4.69, 9.17) is 8.85 Å². The first kappa shape index (κ1) is 30.6. The molecule has 6 atom stereocenters. The van der Waals surface area contributed by atoms with Gasteiger partial charge in [0, 0.05) is 13.2 Å². The zero-order valence-electron chi connectivity index (χ0n) is 26.3. The van der Waals surface area contributed by atoms with Crippen molar-refractivity contribution in [3.05, 3.63) is 18.6 Å². The topological polar surface area (TPSA) is 18.5 Å². The van der Waals surface area contributed by atoms with Gasteiger partial charge in [-0.05, 0) is 122 Å². The molecule has 1 radical (unpaired) electrons. The van der Waals surface area contributed by atoms with Gasteiger partial charge in [0.2, 0.25) is 0 Å². The number of allylic oxidation sites excluding steroid dienone is 1. The van der Waals surface area contributed by atoms with E-state index in [2.05, 4.69) is 94.6 Å². The summed E-state index contributed by atoms with van der Waals surface area (Å²) in [4.78, 5) is 0. The molecule has 209 valence electrons. The summed E-state index contributed by atoms with van der Waals surface area (Å²) in [5.41, 5.74) is 2.15. The molecule has 3 rings (SSSR count). The lowest BCUT2D eigenvalue weighted by molar-refractivity contribution is -0.0774. The first-order valence-corrected chi connectivity index (χ1v) is 20.9. The van der Waals surface area contributed by atoms with Crippen LogP contribution in [0.4, 0.5) is 0 Å². The fraction of sp³-hybridized carbons (Fsp3) is 0.906. The smallest absolute Gasteiger partial charge is 0.191 e. The third-order valence-electron chi connectivity index (χ3n) is 12.4. The van der Waals surface area contributed by atoms with Gasteiger partial charge in [-0.15, -0.1) is 0 Å². The average Bonchev–Trinajstić information content (AvgIpc) is 3.04. The van der Waals surface area contributed by atoms with Crippen LogP contribution in [0.5, 0.6) is 0 Å². The molecule has 2 nitrogen and oxygen atoms in total. The SMILES string of the molecule is C=C1CC[C@H]2[C@H](CO[Si](C)(C)C(C)(C)C)[C@@H]([C@@]3(C)CC[CH]C[C@@H]3CO[Si](C)(C)C(C)(C)C)CC[C@]12C. The molecular weight excluding hydrogens is 473 g/mol. The lowest BCUT2D eigenvalue weighted by Gasteiger charge is -2.57. The van der Waals surface area contributed by atoms with Crippen molar-refractivity contribution in [3.63, 3.8) is 0 Å². The van der Waals surface area contributed by atoms with Gasteiger partial charge in [0.1, 0.15) is 0 Å². The molecule has 0 aromatic heterocycles. The molecule has 0 aromatic rings. The van der Waals surface area contributed by atoms with E-state index in [9.17, 15) is 0 Å². The van der Waals surface area contributed by atoms with Crippen molar-refractivity contribution >= 4 is 16.6 Å². The summed E-state index contributed by atoms with van der Waals surface area (Å²) in [7, 11) is -3.57. The van der Waals surface area contributed by atoms with Gasteiger partial charge in [0.25, 0.3) is 0 Å². The quantitative estimate of drug-likeness (QED) is 0.239. The van der Waals surface area contributed by atoms with Crippen LogP contribution in [0.1, 0.15) is 100 Å². The Morgan fingerprint density at radius 3 is 1.97 bits per heavy atom. The number of hydrogen-bond donors (Lipinski definition) is 0. The second-order valence-electron chi connectivity index (χ2n) is 16.4. The van der Waals surface area contributed by atoms with Crippen LogP contribution in [0.15, 0.2) is 12.2 Å². The molecule has 0 heterocycles. The molecule has 0 unspecified atom stereocenters. The number of rotatable bonds is 7. The van der Waals surface area contributed by atoms with Gasteiger partial charge in [0.05, 0.1) is 0 Å². The normalized spacial score (nSPS) is 36.7. The van der Waals surface area contributed by atoms with Gasteiger partial charge >= 0.3 is 0 Å². The maximum absolute atomic E-state index is 7.06. The molecule has 0 aliphatic heterocycles. The predicted octanol–water partition coefficient (Wildman–Crippen LogP) is 10.0.